The Hall–Kier alpha value is -0.130. The van der Waals surface area contributed by atoms with E-state index in [4.69, 9.17) is 4.74 Å². The van der Waals surface area contributed by atoms with Crippen molar-refractivity contribution in [3.8, 4) is 0 Å². The molecule has 0 saturated carbocycles. The van der Waals surface area contributed by atoms with Crippen LogP contribution in [0.25, 0.3) is 0 Å². The first-order chi connectivity index (χ1) is 7.14. The van der Waals surface area contributed by atoms with Crippen molar-refractivity contribution in [2.75, 3.05) is 31.2 Å². The summed E-state index contributed by atoms with van der Waals surface area (Å²) in [5, 5.41) is 3.24. The highest BCUT2D eigenvalue weighted by Gasteiger charge is 2.15. The largest absolute Gasteiger partial charge is 0.377 e. The molecule has 0 atom stereocenters. The van der Waals surface area contributed by atoms with Crippen LogP contribution in [0, 0.1) is 0 Å². The van der Waals surface area contributed by atoms with E-state index in [0.717, 1.165) is 25.9 Å². The van der Waals surface area contributed by atoms with Gasteiger partial charge in [-0.25, -0.2) is 8.42 Å². The summed E-state index contributed by atoms with van der Waals surface area (Å²) in [4.78, 5) is 0. The smallest absolute Gasteiger partial charge is 0.152 e. The van der Waals surface area contributed by atoms with Crippen molar-refractivity contribution in [1.29, 1.82) is 0 Å². The van der Waals surface area contributed by atoms with E-state index in [0.29, 0.717) is 13.0 Å². The number of piperidine rings is 1. The molecule has 0 amide bonds. The van der Waals surface area contributed by atoms with Crippen LogP contribution >= 0.6 is 0 Å². The van der Waals surface area contributed by atoms with Gasteiger partial charge in [-0.3, -0.25) is 0 Å². The molecule has 0 unspecified atom stereocenters. The summed E-state index contributed by atoms with van der Waals surface area (Å²) in [6, 6.07) is 0. The molecule has 1 aliphatic heterocycles. The standard InChI is InChI=1S/C10H21NO3S/c1-2-8-15(12,13)9-7-14-10-3-5-11-6-4-10/h10-11H,2-9H2,1H3. The van der Waals surface area contributed by atoms with Crippen LogP contribution in [0.2, 0.25) is 0 Å². The van der Waals surface area contributed by atoms with Crippen LogP contribution in [0.4, 0.5) is 0 Å². The second-order valence-electron chi connectivity index (χ2n) is 3.97. The third-order valence-corrected chi connectivity index (χ3v) is 4.37. The quantitative estimate of drug-likeness (QED) is 0.731. The Morgan fingerprint density at radius 1 is 1.27 bits per heavy atom. The first-order valence-corrected chi connectivity index (χ1v) is 7.49. The number of nitrogens with one attached hydrogen (secondary N) is 1. The van der Waals surface area contributed by atoms with Gasteiger partial charge in [-0.05, 0) is 32.4 Å². The van der Waals surface area contributed by atoms with E-state index in [9.17, 15) is 8.42 Å². The molecule has 0 aromatic rings. The van der Waals surface area contributed by atoms with Gasteiger partial charge in [0.15, 0.2) is 9.84 Å². The summed E-state index contributed by atoms with van der Waals surface area (Å²) in [7, 11) is -2.87. The fourth-order valence-corrected chi connectivity index (χ4v) is 2.89. The molecule has 4 nitrogen and oxygen atoms in total. The maximum atomic E-state index is 11.4. The lowest BCUT2D eigenvalue weighted by Gasteiger charge is -2.22. The van der Waals surface area contributed by atoms with Crippen LogP contribution in [-0.2, 0) is 14.6 Å². The van der Waals surface area contributed by atoms with Crippen LogP contribution in [-0.4, -0.2) is 45.7 Å². The molecule has 0 spiro atoms. The van der Waals surface area contributed by atoms with Crippen molar-refractivity contribution in [2.24, 2.45) is 0 Å². The molecular formula is C10H21NO3S. The SMILES string of the molecule is CCCS(=O)(=O)CCOC1CCNCC1. The van der Waals surface area contributed by atoms with E-state index < -0.39 is 9.84 Å². The Labute approximate surface area is 92.3 Å². The Morgan fingerprint density at radius 2 is 1.93 bits per heavy atom. The molecule has 0 aliphatic carbocycles. The van der Waals surface area contributed by atoms with E-state index in [2.05, 4.69) is 5.32 Å². The minimum Gasteiger partial charge on any atom is -0.377 e. The number of hydrogen-bond donors (Lipinski definition) is 1. The molecule has 1 heterocycles. The summed E-state index contributed by atoms with van der Waals surface area (Å²) < 4.78 is 28.3. The Bertz CT molecular complexity index is 258. The van der Waals surface area contributed by atoms with Crippen molar-refractivity contribution in [2.45, 2.75) is 32.3 Å². The average Bonchev–Trinajstić information content (AvgIpc) is 2.19. The van der Waals surface area contributed by atoms with Crippen molar-refractivity contribution >= 4 is 9.84 Å². The van der Waals surface area contributed by atoms with Crippen LogP contribution in [0.5, 0.6) is 0 Å². The molecule has 0 aromatic heterocycles. The highest BCUT2D eigenvalue weighted by molar-refractivity contribution is 7.91. The molecule has 90 valence electrons. The summed E-state index contributed by atoms with van der Waals surface area (Å²) >= 11 is 0. The summed E-state index contributed by atoms with van der Waals surface area (Å²) in [6.07, 6.45) is 2.93. The molecule has 1 rings (SSSR count). The lowest BCUT2D eigenvalue weighted by molar-refractivity contribution is 0.0427. The van der Waals surface area contributed by atoms with Crippen LogP contribution in [0.15, 0.2) is 0 Å². The van der Waals surface area contributed by atoms with Gasteiger partial charge < -0.3 is 10.1 Å². The van der Waals surface area contributed by atoms with E-state index >= 15 is 0 Å². The predicted octanol–water partition coefficient (Wildman–Crippen LogP) is 0.580. The molecule has 1 N–H and O–H groups in total. The zero-order chi connectivity index (χ0) is 11.1. The lowest BCUT2D eigenvalue weighted by atomic mass is 10.1. The normalized spacial score (nSPS) is 19.3. The molecule has 5 heteroatoms. The zero-order valence-electron chi connectivity index (χ0n) is 9.37. The Morgan fingerprint density at radius 3 is 2.53 bits per heavy atom. The highest BCUT2D eigenvalue weighted by Crippen LogP contribution is 2.07. The predicted molar refractivity (Wildman–Crippen MR) is 60.8 cm³/mol. The van der Waals surface area contributed by atoms with Crippen molar-refractivity contribution in [1.82, 2.24) is 5.32 Å². The molecule has 15 heavy (non-hydrogen) atoms. The summed E-state index contributed by atoms with van der Waals surface area (Å²) in [5.41, 5.74) is 0. The van der Waals surface area contributed by atoms with Crippen molar-refractivity contribution in [3.63, 3.8) is 0 Å². The number of ether oxygens (including phenoxy) is 1. The molecule has 1 fully saturated rings. The highest BCUT2D eigenvalue weighted by atomic mass is 32.2. The Balaban J connectivity index is 2.14. The maximum Gasteiger partial charge on any atom is 0.152 e. The zero-order valence-corrected chi connectivity index (χ0v) is 10.2. The maximum absolute atomic E-state index is 11.4. The van der Waals surface area contributed by atoms with Crippen molar-refractivity contribution < 1.29 is 13.2 Å². The number of rotatable bonds is 6. The van der Waals surface area contributed by atoms with E-state index in [1.54, 1.807) is 0 Å². The number of sulfone groups is 1. The molecule has 1 saturated heterocycles. The van der Waals surface area contributed by atoms with Gasteiger partial charge in [-0.2, -0.15) is 0 Å². The van der Waals surface area contributed by atoms with Gasteiger partial charge in [0.1, 0.15) is 0 Å². The first-order valence-electron chi connectivity index (χ1n) is 5.67. The third-order valence-electron chi connectivity index (χ3n) is 2.55. The topological polar surface area (TPSA) is 55.4 Å². The molecular weight excluding hydrogens is 214 g/mol. The van der Waals surface area contributed by atoms with Gasteiger partial charge in [0.05, 0.1) is 18.5 Å². The van der Waals surface area contributed by atoms with Gasteiger partial charge in [0.2, 0.25) is 0 Å². The van der Waals surface area contributed by atoms with Gasteiger partial charge in [-0.15, -0.1) is 0 Å². The third kappa shape index (κ3) is 5.49. The Kier molecular flexibility index (Phi) is 5.56. The van der Waals surface area contributed by atoms with Gasteiger partial charge in [-0.1, -0.05) is 6.92 Å². The van der Waals surface area contributed by atoms with Gasteiger partial charge >= 0.3 is 0 Å². The summed E-state index contributed by atoms with van der Waals surface area (Å²) in [6.45, 7) is 4.19. The first kappa shape index (κ1) is 12.9. The molecule has 1 aliphatic rings. The van der Waals surface area contributed by atoms with Gasteiger partial charge in [0, 0.05) is 5.75 Å². The van der Waals surface area contributed by atoms with E-state index in [1.807, 2.05) is 6.92 Å². The number of hydrogen-bond acceptors (Lipinski definition) is 4. The van der Waals surface area contributed by atoms with Crippen LogP contribution in [0.3, 0.4) is 0 Å². The summed E-state index contributed by atoms with van der Waals surface area (Å²) in [5.74, 6) is 0.452. The minimum absolute atomic E-state index is 0.171. The van der Waals surface area contributed by atoms with Crippen LogP contribution in [0.1, 0.15) is 26.2 Å². The van der Waals surface area contributed by atoms with E-state index in [1.165, 1.54) is 0 Å². The van der Waals surface area contributed by atoms with Crippen LogP contribution < -0.4 is 5.32 Å². The molecule has 0 radical (unpaired) electrons. The second kappa shape index (κ2) is 6.45. The molecule has 0 aromatic carbocycles. The second-order valence-corrected chi connectivity index (χ2v) is 6.28. The average molecular weight is 235 g/mol. The monoisotopic (exact) mass is 235 g/mol. The van der Waals surface area contributed by atoms with E-state index in [-0.39, 0.29) is 17.6 Å². The van der Waals surface area contributed by atoms with Crippen molar-refractivity contribution in [3.05, 3.63) is 0 Å². The van der Waals surface area contributed by atoms with Gasteiger partial charge in [0.25, 0.3) is 0 Å². The molecule has 0 bridgehead atoms. The fraction of sp³-hybridized carbons (Fsp3) is 1.00. The lowest BCUT2D eigenvalue weighted by Crippen LogP contribution is -2.33. The fourth-order valence-electron chi connectivity index (χ4n) is 1.72. The minimum atomic E-state index is -2.87.